The van der Waals surface area contributed by atoms with Gasteiger partial charge in [-0.3, -0.25) is 0 Å². The van der Waals surface area contributed by atoms with Crippen molar-refractivity contribution in [2.75, 3.05) is 36.9 Å². The normalized spacial score (nSPS) is 10.4. The first-order valence-electron chi connectivity index (χ1n) is 5.30. The van der Waals surface area contributed by atoms with Gasteiger partial charge in [0.25, 0.3) is 0 Å². The van der Waals surface area contributed by atoms with Crippen LogP contribution in [-0.4, -0.2) is 46.5 Å². The van der Waals surface area contributed by atoms with Crippen molar-refractivity contribution >= 4 is 11.6 Å². The quantitative estimate of drug-likeness (QED) is 0.600. The number of nitrogen functional groups attached to an aromatic ring is 1. The van der Waals surface area contributed by atoms with Gasteiger partial charge < -0.3 is 20.8 Å². The minimum Gasteiger partial charge on any atom is -0.395 e. The van der Waals surface area contributed by atoms with Crippen LogP contribution in [0.3, 0.4) is 0 Å². The van der Waals surface area contributed by atoms with Crippen molar-refractivity contribution < 1.29 is 10.2 Å². The lowest BCUT2D eigenvalue weighted by Gasteiger charge is -2.24. The Hall–Kier alpha value is -1.40. The monoisotopic (exact) mass is 226 g/mol. The Bertz CT molecular complexity index is 327. The van der Waals surface area contributed by atoms with E-state index >= 15 is 0 Å². The second-order valence-corrected chi connectivity index (χ2v) is 3.35. The van der Waals surface area contributed by atoms with Crippen molar-refractivity contribution in [2.24, 2.45) is 0 Å². The number of rotatable bonds is 6. The lowest BCUT2D eigenvalue weighted by molar-refractivity contribution is 0.280. The molecule has 0 aliphatic carbocycles. The molecule has 0 fully saturated rings. The van der Waals surface area contributed by atoms with Crippen molar-refractivity contribution in [3.05, 3.63) is 11.9 Å². The van der Waals surface area contributed by atoms with Crippen LogP contribution in [0.1, 0.15) is 12.5 Å². The van der Waals surface area contributed by atoms with E-state index in [1.165, 1.54) is 6.33 Å². The summed E-state index contributed by atoms with van der Waals surface area (Å²) in [7, 11) is 0. The molecule has 90 valence electrons. The van der Waals surface area contributed by atoms with Gasteiger partial charge in [-0.2, -0.15) is 0 Å². The van der Waals surface area contributed by atoms with E-state index in [0.29, 0.717) is 24.7 Å². The first kappa shape index (κ1) is 12.7. The summed E-state index contributed by atoms with van der Waals surface area (Å²) in [6.07, 6.45) is 2.11. The van der Waals surface area contributed by atoms with Gasteiger partial charge in [0.2, 0.25) is 0 Å². The molecular weight excluding hydrogens is 208 g/mol. The predicted octanol–water partition coefficient (Wildman–Crippen LogP) is -0.588. The topological polar surface area (TPSA) is 95.5 Å². The van der Waals surface area contributed by atoms with Crippen LogP contribution in [-0.2, 0) is 6.42 Å². The van der Waals surface area contributed by atoms with Crippen molar-refractivity contribution in [3.63, 3.8) is 0 Å². The Labute approximate surface area is 94.7 Å². The van der Waals surface area contributed by atoms with Gasteiger partial charge in [0, 0.05) is 18.7 Å². The van der Waals surface area contributed by atoms with E-state index < -0.39 is 0 Å². The van der Waals surface area contributed by atoms with Crippen LogP contribution in [0.4, 0.5) is 11.6 Å². The van der Waals surface area contributed by atoms with Crippen molar-refractivity contribution in [2.45, 2.75) is 13.3 Å². The molecule has 6 heteroatoms. The Morgan fingerprint density at radius 3 is 2.38 bits per heavy atom. The van der Waals surface area contributed by atoms with E-state index in [9.17, 15) is 0 Å². The summed E-state index contributed by atoms with van der Waals surface area (Å²) in [6, 6.07) is 0. The summed E-state index contributed by atoms with van der Waals surface area (Å²) >= 11 is 0. The van der Waals surface area contributed by atoms with E-state index in [1.54, 1.807) is 4.90 Å². The lowest BCUT2D eigenvalue weighted by Crippen LogP contribution is -2.31. The Morgan fingerprint density at radius 2 is 1.88 bits per heavy atom. The number of nitrogens with two attached hydrogens (primary N) is 1. The van der Waals surface area contributed by atoms with E-state index in [1.807, 2.05) is 6.92 Å². The number of aliphatic hydroxyl groups is 2. The van der Waals surface area contributed by atoms with Gasteiger partial charge in [-0.1, -0.05) is 6.92 Å². The second kappa shape index (κ2) is 6.24. The molecule has 0 bridgehead atoms. The van der Waals surface area contributed by atoms with E-state index in [4.69, 9.17) is 15.9 Å². The summed E-state index contributed by atoms with van der Waals surface area (Å²) in [5.74, 6) is 1.14. The fourth-order valence-corrected chi connectivity index (χ4v) is 1.59. The SMILES string of the molecule is CCc1c(N)ncnc1N(CCO)CCO. The van der Waals surface area contributed by atoms with E-state index in [2.05, 4.69) is 9.97 Å². The summed E-state index contributed by atoms with van der Waals surface area (Å²) in [5.41, 5.74) is 6.61. The minimum absolute atomic E-state index is 0.00701. The summed E-state index contributed by atoms with van der Waals surface area (Å²) < 4.78 is 0. The molecule has 0 radical (unpaired) electrons. The zero-order chi connectivity index (χ0) is 12.0. The average molecular weight is 226 g/mol. The van der Waals surface area contributed by atoms with Crippen LogP contribution in [0.5, 0.6) is 0 Å². The molecule has 0 saturated carbocycles. The molecule has 1 heterocycles. The lowest BCUT2D eigenvalue weighted by atomic mass is 10.2. The maximum atomic E-state index is 8.96. The Morgan fingerprint density at radius 1 is 1.25 bits per heavy atom. The fourth-order valence-electron chi connectivity index (χ4n) is 1.59. The largest absolute Gasteiger partial charge is 0.395 e. The second-order valence-electron chi connectivity index (χ2n) is 3.35. The van der Waals surface area contributed by atoms with Gasteiger partial charge in [-0.05, 0) is 6.42 Å². The highest BCUT2D eigenvalue weighted by molar-refractivity contribution is 5.56. The molecule has 1 aromatic rings. The Balaban J connectivity index is 3.02. The zero-order valence-electron chi connectivity index (χ0n) is 9.43. The molecular formula is C10H18N4O2. The van der Waals surface area contributed by atoms with Crippen LogP contribution in [0, 0.1) is 0 Å². The molecule has 1 aromatic heterocycles. The van der Waals surface area contributed by atoms with Gasteiger partial charge in [0.15, 0.2) is 0 Å². The molecule has 0 aliphatic rings. The van der Waals surface area contributed by atoms with Crippen LogP contribution >= 0.6 is 0 Å². The molecule has 0 saturated heterocycles. The molecule has 0 spiro atoms. The number of aliphatic hydroxyl groups excluding tert-OH is 2. The molecule has 4 N–H and O–H groups in total. The van der Waals surface area contributed by atoms with Crippen molar-refractivity contribution in [1.29, 1.82) is 0 Å². The van der Waals surface area contributed by atoms with Crippen LogP contribution in [0.25, 0.3) is 0 Å². The van der Waals surface area contributed by atoms with E-state index in [-0.39, 0.29) is 13.2 Å². The van der Waals surface area contributed by atoms with Gasteiger partial charge in [-0.25, -0.2) is 9.97 Å². The number of hydrogen-bond donors (Lipinski definition) is 3. The summed E-state index contributed by atoms with van der Waals surface area (Å²) in [4.78, 5) is 9.89. The fraction of sp³-hybridized carbons (Fsp3) is 0.600. The molecule has 0 atom stereocenters. The third-order valence-corrected chi connectivity index (χ3v) is 2.35. The van der Waals surface area contributed by atoms with Crippen molar-refractivity contribution in [1.82, 2.24) is 9.97 Å². The Kier molecular flexibility index (Phi) is 4.94. The number of aromatic nitrogens is 2. The molecule has 0 unspecified atom stereocenters. The summed E-state index contributed by atoms with van der Waals surface area (Å²) in [5, 5.41) is 17.9. The van der Waals surface area contributed by atoms with Gasteiger partial charge in [0.05, 0.1) is 13.2 Å². The minimum atomic E-state index is 0.00701. The number of anilines is 2. The highest BCUT2D eigenvalue weighted by Gasteiger charge is 2.13. The zero-order valence-corrected chi connectivity index (χ0v) is 9.43. The van der Waals surface area contributed by atoms with Gasteiger partial charge in [-0.15, -0.1) is 0 Å². The average Bonchev–Trinajstić information content (AvgIpc) is 2.28. The third-order valence-electron chi connectivity index (χ3n) is 2.35. The molecule has 0 amide bonds. The van der Waals surface area contributed by atoms with Crippen LogP contribution in [0.15, 0.2) is 6.33 Å². The van der Waals surface area contributed by atoms with Crippen molar-refractivity contribution in [3.8, 4) is 0 Å². The molecule has 6 nitrogen and oxygen atoms in total. The molecule has 16 heavy (non-hydrogen) atoms. The van der Waals surface area contributed by atoms with Crippen LogP contribution < -0.4 is 10.6 Å². The standard InChI is InChI=1S/C10H18N4O2/c1-2-8-9(11)12-7-13-10(8)14(3-5-15)4-6-16/h7,15-16H,2-6H2,1H3,(H2,11,12,13). The van der Waals surface area contributed by atoms with Gasteiger partial charge >= 0.3 is 0 Å². The maximum Gasteiger partial charge on any atom is 0.137 e. The molecule has 1 rings (SSSR count). The number of nitrogens with zero attached hydrogens (tertiary/aromatic N) is 3. The summed E-state index contributed by atoms with van der Waals surface area (Å²) in [6.45, 7) is 2.82. The first-order valence-corrected chi connectivity index (χ1v) is 5.30. The van der Waals surface area contributed by atoms with Gasteiger partial charge in [0.1, 0.15) is 18.0 Å². The number of hydrogen-bond acceptors (Lipinski definition) is 6. The predicted molar refractivity (Wildman–Crippen MR) is 62.2 cm³/mol. The van der Waals surface area contributed by atoms with E-state index in [0.717, 1.165) is 12.0 Å². The highest BCUT2D eigenvalue weighted by atomic mass is 16.3. The van der Waals surface area contributed by atoms with Crippen LogP contribution in [0.2, 0.25) is 0 Å². The third kappa shape index (κ3) is 2.80. The molecule has 0 aliphatic heterocycles. The first-order chi connectivity index (χ1) is 7.74. The molecule has 0 aromatic carbocycles. The smallest absolute Gasteiger partial charge is 0.137 e. The maximum absolute atomic E-state index is 8.96. The highest BCUT2D eigenvalue weighted by Crippen LogP contribution is 2.21.